The van der Waals surface area contributed by atoms with E-state index in [1.54, 1.807) is 0 Å². The van der Waals surface area contributed by atoms with E-state index in [-0.39, 0.29) is 0 Å². The summed E-state index contributed by atoms with van der Waals surface area (Å²) in [6.07, 6.45) is 0. The first kappa shape index (κ1) is 11.7. The molecule has 0 saturated heterocycles. The van der Waals surface area contributed by atoms with Crippen LogP contribution in [0.1, 0.15) is 0 Å². The zero-order chi connectivity index (χ0) is 13.5. The minimum atomic E-state index is 0.641. The molecular formula is C17H10BrNO. The van der Waals surface area contributed by atoms with Gasteiger partial charge in [-0.3, -0.25) is 0 Å². The van der Waals surface area contributed by atoms with Crippen LogP contribution in [0, 0.1) is 0 Å². The van der Waals surface area contributed by atoms with Crippen molar-refractivity contribution in [1.29, 1.82) is 0 Å². The van der Waals surface area contributed by atoms with Crippen LogP contribution in [0.3, 0.4) is 0 Å². The first-order chi connectivity index (χ1) is 9.81. The van der Waals surface area contributed by atoms with Crippen LogP contribution in [-0.4, -0.2) is 4.98 Å². The SMILES string of the molecule is Brc1ccccc1-c1nc2cc3ccccc3cc2o1. The lowest BCUT2D eigenvalue weighted by molar-refractivity contribution is 0.620. The lowest BCUT2D eigenvalue weighted by Crippen LogP contribution is -1.78. The molecule has 0 unspecified atom stereocenters. The molecule has 1 aromatic heterocycles. The fraction of sp³-hybridized carbons (Fsp3) is 0. The molecule has 0 aliphatic heterocycles. The van der Waals surface area contributed by atoms with Crippen molar-refractivity contribution in [3.8, 4) is 11.5 Å². The van der Waals surface area contributed by atoms with Crippen molar-refractivity contribution in [3.63, 3.8) is 0 Å². The molecule has 1 heterocycles. The maximum absolute atomic E-state index is 5.90. The molecule has 0 aliphatic carbocycles. The highest BCUT2D eigenvalue weighted by Gasteiger charge is 2.11. The predicted molar refractivity (Wildman–Crippen MR) is 84.7 cm³/mol. The second kappa shape index (κ2) is 4.46. The Hall–Kier alpha value is -2.13. The summed E-state index contributed by atoms with van der Waals surface area (Å²) in [5.74, 6) is 0.641. The van der Waals surface area contributed by atoms with Gasteiger partial charge in [-0.2, -0.15) is 0 Å². The average Bonchev–Trinajstić information content (AvgIpc) is 2.87. The molecule has 0 saturated carbocycles. The van der Waals surface area contributed by atoms with E-state index < -0.39 is 0 Å². The fourth-order valence-electron chi connectivity index (χ4n) is 2.36. The van der Waals surface area contributed by atoms with E-state index in [1.165, 1.54) is 5.39 Å². The van der Waals surface area contributed by atoms with E-state index in [0.29, 0.717) is 5.89 Å². The van der Waals surface area contributed by atoms with Crippen LogP contribution >= 0.6 is 15.9 Å². The van der Waals surface area contributed by atoms with E-state index in [4.69, 9.17) is 4.42 Å². The molecule has 4 aromatic rings. The molecule has 0 atom stereocenters. The zero-order valence-corrected chi connectivity index (χ0v) is 12.1. The smallest absolute Gasteiger partial charge is 0.228 e. The maximum atomic E-state index is 5.90. The normalized spacial score (nSPS) is 11.2. The number of nitrogens with zero attached hydrogens (tertiary/aromatic N) is 1. The molecule has 4 rings (SSSR count). The standard InChI is InChI=1S/C17H10BrNO/c18-14-8-4-3-7-13(14)17-19-15-9-11-5-1-2-6-12(11)10-16(15)20-17/h1-10H. The van der Waals surface area contributed by atoms with Crippen molar-refractivity contribution in [2.24, 2.45) is 0 Å². The molecule has 20 heavy (non-hydrogen) atoms. The molecule has 0 fully saturated rings. The highest BCUT2D eigenvalue weighted by Crippen LogP contribution is 2.31. The molecular weight excluding hydrogens is 314 g/mol. The summed E-state index contributed by atoms with van der Waals surface area (Å²) < 4.78 is 6.88. The average molecular weight is 324 g/mol. The van der Waals surface area contributed by atoms with Crippen LogP contribution in [0.15, 0.2) is 69.6 Å². The first-order valence-corrected chi connectivity index (χ1v) is 7.15. The van der Waals surface area contributed by atoms with Crippen molar-refractivity contribution in [2.75, 3.05) is 0 Å². The maximum Gasteiger partial charge on any atom is 0.228 e. The van der Waals surface area contributed by atoms with Gasteiger partial charge in [0.15, 0.2) is 5.58 Å². The minimum Gasteiger partial charge on any atom is -0.436 e. The van der Waals surface area contributed by atoms with Crippen molar-refractivity contribution in [3.05, 3.63) is 65.1 Å². The zero-order valence-electron chi connectivity index (χ0n) is 10.5. The van der Waals surface area contributed by atoms with Gasteiger partial charge in [-0.05, 0) is 51.0 Å². The molecule has 0 spiro atoms. The van der Waals surface area contributed by atoms with E-state index in [2.05, 4.69) is 39.1 Å². The fourth-order valence-corrected chi connectivity index (χ4v) is 2.82. The van der Waals surface area contributed by atoms with Gasteiger partial charge in [0.2, 0.25) is 5.89 Å². The molecule has 96 valence electrons. The third-order valence-electron chi connectivity index (χ3n) is 3.36. The lowest BCUT2D eigenvalue weighted by Gasteiger charge is -1.97. The molecule has 2 nitrogen and oxygen atoms in total. The Morgan fingerprint density at radius 1 is 0.850 bits per heavy atom. The Morgan fingerprint density at radius 2 is 1.55 bits per heavy atom. The van der Waals surface area contributed by atoms with Gasteiger partial charge in [0.05, 0.1) is 5.56 Å². The summed E-state index contributed by atoms with van der Waals surface area (Å²) in [6.45, 7) is 0. The number of hydrogen-bond acceptors (Lipinski definition) is 2. The molecule has 0 N–H and O–H groups in total. The van der Waals surface area contributed by atoms with Gasteiger partial charge in [-0.25, -0.2) is 4.98 Å². The van der Waals surface area contributed by atoms with Gasteiger partial charge >= 0.3 is 0 Å². The number of fused-ring (bicyclic) bond motifs is 2. The molecule has 3 heteroatoms. The van der Waals surface area contributed by atoms with Gasteiger partial charge in [0, 0.05) is 4.47 Å². The van der Waals surface area contributed by atoms with E-state index in [1.807, 2.05) is 42.5 Å². The topological polar surface area (TPSA) is 26.0 Å². The van der Waals surface area contributed by atoms with Crippen molar-refractivity contribution < 1.29 is 4.42 Å². The lowest BCUT2D eigenvalue weighted by atomic mass is 10.1. The van der Waals surface area contributed by atoms with Gasteiger partial charge in [-0.1, -0.05) is 36.4 Å². The Kier molecular flexibility index (Phi) is 2.60. The number of rotatable bonds is 1. The van der Waals surface area contributed by atoms with Crippen LogP contribution in [0.4, 0.5) is 0 Å². The summed E-state index contributed by atoms with van der Waals surface area (Å²) in [5.41, 5.74) is 2.66. The predicted octanol–water partition coefficient (Wildman–Crippen LogP) is 5.41. The number of benzene rings is 3. The van der Waals surface area contributed by atoms with Gasteiger partial charge in [-0.15, -0.1) is 0 Å². The van der Waals surface area contributed by atoms with E-state index >= 15 is 0 Å². The summed E-state index contributed by atoms with van der Waals surface area (Å²) in [4.78, 5) is 4.60. The van der Waals surface area contributed by atoms with Crippen molar-refractivity contribution in [1.82, 2.24) is 4.98 Å². The van der Waals surface area contributed by atoms with Crippen LogP contribution in [0.2, 0.25) is 0 Å². The number of aromatic nitrogens is 1. The molecule has 0 bridgehead atoms. The number of hydrogen-bond donors (Lipinski definition) is 0. The van der Waals surface area contributed by atoms with Crippen LogP contribution in [0.25, 0.3) is 33.3 Å². The first-order valence-electron chi connectivity index (χ1n) is 6.35. The Balaban J connectivity index is 1.99. The highest BCUT2D eigenvalue weighted by atomic mass is 79.9. The third kappa shape index (κ3) is 1.82. The summed E-state index contributed by atoms with van der Waals surface area (Å²) >= 11 is 3.53. The Bertz CT molecular complexity index is 874. The summed E-state index contributed by atoms with van der Waals surface area (Å²) in [7, 11) is 0. The number of halogens is 1. The van der Waals surface area contributed by atoms with E-state index in [0.717, 1.165) is 26.5 Å². The molecule has 0 amide bonds. The number of oxazole rings is 1. The minimum absolute atomic E-state index is 0.641. The van der Waals surface area contributed by atoms with Gasteiger partial charge in [0.25, 0.3) is 0 Å². The van der Waals surface area contributed by atoms with Gasteiger partial charge in [0.1, 0.15) is 5.52 Å². The summed E-state index contributed by atoms with van der Waals surface area (Å²) in [5, 5.41) is 2.34. The Morgan fingerprint density at radius 3 is 2.35 bits per heavy atom. The second-order valence-corrected chi connectivity index (χ2v) is 5.52. The molecule has 3 aromatic carbocycles. The molecule has 0 aliphatic rings. The van der Waals surface area contributed by atoms with E-state index in [9.17, 15) is 0 Å². The Labute approximate surface area is 124 Å². The monoisotopic (exact) mass is 323 g/mol. The third-order valence-corrected chi connectivity index (χ3v) is 4.05. The molecule has 0 radical (unpaired) electrons. The van der Waals surface area contributed by atoms with Crippen molar-refractivity contribution >= 4 is 37.8 Å². The highest BCUT2D eigenvalue weighted by molar-refractivity contribution is 9.10. The largest absolute Gasteiger partial charge is 0.436 e. The van der Waals surface area contributed by atoms with Crippen LogP contribution in [0.5, 0.6) is 0 Å². The van der Waals surface area contributed by atoms with Crippen molar-refractivity contribution in [2.45, 2.75) is 0 Å². The van der Waals surface area contributed by atoms with Gasteiger partial charge < -0.3 is 4.42 Å². The van der Waals surface area contributed by atoms with Crippen LogP contribution < -0.4 is 0 Å². The second-order valence-electron chi connectivity index (χ2n) is 4.67. The van der Waals surface area contributed by atoms with Crippen LogP contribution in [-0.2, 0) is 0 Å². The summed E-state index contributed by atoms with van der Waals surface area (Å²) in [6, 6.07) is 20.3. The quantitative estimate of drug-likeness (QED) is 0.468.